The number of nitrogens with one attached hydrogen (secondary N) is 1. The molecule has 136 valence electrons. The van der Waals surface area contributed by atoms with Gasteiger partial charge in [-0.25, -0.2) is 4.79 Å². The van der Waals surface area contributed by atoms with Crippen molar-refractivity contribution in [1.82, 2.24) is 5.32 Å². The summed E-state index contributed by atoms with van der Waals surface area (Å²) in [7, 11) is 0. The molecule has 1 amide bonds. The molecule has 4 nitrogen and oxygen atoms in total. The second-order valence-corrected chi connectivity index (χ2v) is 7.28. The van der Waals surface area contributed by atoms with Gasteiger partial charge in [0.1, 0.15) is 6.61 Å². The van der Waals surface area contributed by atoms with Gasteiger partial charge in [-0.15, -0.1) is 0 Å². The summed E-state index contributed by atoms with van der Waals surface area (Å²) in [4.78, 5) is 12.3. The van der Waals surface area contributed by atoms with Gasteiger partial charge in [0, 0.05) is 5.92 Å². The molecule has 1 saturated carbocycles. The van der Waals surface area contributed by atoms with Crippen molar-refractivity contribution in [2.24, 2.45) is 0 Å². The second kappa shape index (κ2) is 7.50. The van der Waals surface area contributed by atoms with Crippen LogP contribution in [0.1, 0.15) is 49.1 Å². The third-order valence-electron chi connectivity index (χ3n) is 5.63. The van der Waals surface area contributed by atoms with E-state index in [2.05, 4.69) is 29.6 Å². The molecule has 2 aromatic rings. The zero-order valence-electron chi connectivity index (χ0n) is 14.9. The lowest BCUT2D eigenvalue weighted by Crippen LogP contribution is -2.43. The summed E-state index contributed by atoms with van der Waals surface area (Å²) in [6, 6.07) is 16.4. The average molecular weight is 351 g/mol. The highest BCUT2D eigenvalue weighted by molar-refractivity contribution is 5.79. The Balaban J connectivity index is 1.44. The van der Waals surface area contributed by atoms with Crippen molar-refractivity contribution in [3.05, 3.63) is 59.7 Å². The van der Waals surface area contributed by atoms with Gasteiger partial charge in [-0.3, -0.25) is 0 Å². The zero-order chi connectivity index (χ0) is 17.9. The number of rotatable bonds is 3. The van der Waals surface area contributed by atoms with Crippen LogP contribution < -0.4 is 5.32 Å². The summed E-state index contributed by atoms with van der Waals surface area (Å²) >= 11 is 0. The molecule has 0 aromatic heterocycles. The Hall–Kier alpha value is -2.33. The molecule has 0 bridgehead atoms. The van der Waals surface area contributed by atoms with Crippen molar-refractivity contribution in [2.75, 3.05) is 6.61 Å². The molecule has 2 aromatic carbocycles. The highest BCUT2D eigenvalue weighted by Gasteiger charge is 2.30. The lowest BCUT2D eigenvalue weighted by atomic mass is 9.98. The normalized spacial score (nSPS) is 22.2. The summed E-state index contributed by atoms with van der Waals surface area (Å²) in [6.45, 7) is 0.308. The van der Waals surface area contributed by atoms with Gasteiger partial charge in [0.25, 0.3) is 0 Å². The van der Waals surface area contributed by atoms with Gasteiger partial charge in [-0.2, -0.15) is 0 Å². The van der Waals surface area contributed by atoms with Crippen LogP contribution in [-0.4, -0.2) is 30.0 Å². The van der Waals surface area contributed by atoms with Gasteiger partial charge in [-0.05, 0) is 35.1 Å². The Bertz CT molecular complexity index is 743. The highest BCUT2D eigenvalue weighted by atomic mass is 16.5. The monoisotopic (exact) mass is 351 g/mol. The molecule has 0 radical (unpaired) electrons. The van der Waals surface area contributed by atoms with Crippen molar-refractivity contribution in [2.45, 2.75) is 50.2 Å². The minimum absolute atomic E-state index is 0.0622. The summed E-state index contributed by atoms with van der Waals surface area (Å²) in [5.41, 5.74) is 4.85. The van der Waals surface area contributed by atoms with Crippen molar-refractivity contribution < 1.29 is 14.6 Å². The molecule has 4 rings (SSSR count). The van der Waals surface area contributed by atoms with Crippen molar-refractivity contribution in [1.29, 1.82) is 0 Å². The molecule has 26 heavy (non-hydrogen) atoms. The topological polar surface area (TPSA) is 58.6 Å². The number of carbonyl (C=O) groups excluding carboxylic acids is 1. The number of ether oxygens (including phenoxy) is 1. The van der Waals surface area contributed by atoms with Crippen LogP contribution in [0.5, 0.6) is 0 Å². The van der Waals surface area contributed by atoms with Crippen LogP contribution in [-0.2, 0) is 4.74 Å². The van der Waals surface area contributed by atoms with E-state index in [-0.39, 0.29) is 12.0 Å². The molecule has 0 unspecified atom stereocenters. The number of fused-ring (bicyclic) bond motifs is 3. The van der Waals surface area contributed by atoms with E-state index < -0.39 is 12.2 Å². The second-order valence-electron chi connectivity index (χ2n) is 7.28. The number of hydrogen-bond donors (Lipinski definition) is 2. The fourth-order valence-electron chi connectivity index (χ4n) is 4.25. The lowest BCUT2D eigenvalue weighted by molar-refractivity contribution is 0.0993. The summed E-state index contributed by atoms with van der Waals surface area (Å²) in [5, 5.41) is 13.0. The molecule has 0 aliphatic heterocycles. The van der Waals surface area contributed by atoms with E-state index in [4.69, 9.17) is 4.74 Å². The fourth-order valence-corrected chi connectivity index (χ4v) is 4.25. The predicted molar refractivity (Wildman–Crippen MR) is 101 cm³/mol. The summed E-state index contributed by atoms with van der Waals surface area (Å²) < 4.78 is 5.57. The van der Waals surface area contributed by atoms with Crippen LogP contribution in [0.15, 0.2) is 48.5 Å². The molecule has 0 spiro atoms. The van der Waals surface area contributed by atoms with Crippen LogP contribution in [0, 0.1) is 0 Å². The highest BCUT2D eigenvalue weighted by Crippen LogP contribution is 2.44. The van der Waals surface area contributed by atoms with E-state index in [9.17, 15) is 9.90 Å². The molecule has 1 fully saturated rings. The molecule has 2 aliphatic rings. The minimum Gasteiger partial charge on any atom is -0.449 e. The van der Waals surface area contributed by atoms with Crippen LogP contribution in [0.2, 0.25) is 0 Å². The van der Waals surface area contributed by atoms with E-state index in [0.29, 0.717) is 6.61 Å². The van der Waals surface area contributed by atoms with E-state index in [1.165, 1.54) is 22.3 Å². The maximum atomic E-state index is 12.3. The van der Waals surface area contributed by atoms with Gasteiger partial charge >= 0.3 is 6.09 Å². The van der Waals surface area contributed by atoms with Gasteiger partial charge in [-0.1, -0.05) is 67.8 Å². The number of hydrogen-bond acceptors (Lipinski definition) is 3. The third-order valence-corrected chi connectivity index (χ3v) is 5.63. The van der Waals surface area contributed by atoms with E-state index >= 15 is 0 Å². The summed E-state index contributed by atoms with van der Waals surface area (Å²) in [6.07, 6.45) is 3.81. The number of aliphatic hydroxyl groups excluding tert-OH is 1. The molecule has 4 heteroatoms. The van der Waals surface area contributed by atoms with Crippen molar-refractivity contribution in [3.63, 3.8) is 0 Å². The minimum atomic E-state index is -0.474. The van der Waals surface area contributed by atoms with E-state index in [1.54, 1.807) is 0 Å². The van der Waals surface area contributed by atoms with Crippen LogP contribution in [0.25, 0.3) is 11.1 Å². The molecule has 0 heterocycles. The number of alkyl carbamates (subject to hydrolysis) is 1. The first kappa shape index (κ1) is 17.1. The smallest absolute Gasteiger partial charge is 0.407 e. The molecular formula is C22H25NO3. The fraction of sp³-hybridized carbons (Fsp3) is 0.409. The first-order valence-electron chi connectivity index (χ1n) is 9.53. The van der Waals surface area contributed by atoms with E-state index in [1.807, 2.05) is 24.3 Å². The average Bonchev–Trinajstić information content (AvgIpc) is 2.84. The largest absolute Gasteiger partial charge is 0.449 e. The number of amides is 1. The Labute approximate surface area is 154 Å². The Morgan fingerprint density at radius 2 is 1.58 bits per heavy atom. The molecule has 2 N–H and O–H groups in total. The maximum absolute atomic E-state index is 12.3. The number of benzene rings is 2. The van der Waals surface area contributed by atoms with Crippen molar-refractivity contribution in [3.8, 4) is 11.1 Å². The Morgan fingerprint density at radius 1 is 0.962 bits per heavy atom. The Kier molecular flexibility index (Phi) is 4.93. The van der Waals surface area contributed by atoms with Crippen LogP contribution in [0.3, 0.4) is 0 Å². The first-order chi connectivity index (χ1) is 12.7. The van der Waals surface area contributed by atoms with Crippen LogP contribution >= 0.6 is 0 Å². The molecule has 2 atom stereocenters. The maximum Gasteiger partial charge on any atom is 0.407 e. The van der Waals surface area contributed by atoms with E-state index in [0.717, 1.165) is 32.1 Å². The lowest BCUT2D eigenvalue weighted by Gasteiger charge is -2.22. The zero-order valence-corrected chi connectivity index (χ0v) is 14.9. The predicted octanol–water partition coefficient (Wildman–Crippen LogP) is 4.22. The third kappa shape index (κ3) is 3.34. The Morgan fingerprint density at radius 3 is 2.27 bits per heavy atom. The first-order valence-corrected chi connectivity index (χ1v) is 9.53. The number of carbonyl (C=O) groups is 1. The standard InChI is InChI=1S/C22H25NO3/c24-21-13-3-1-2-12-20(21)23-22(25)26-14-19-17-10-6-4-8-15(17)16-9-5-7-11-18(16)19/h4-11,19-21,24H,1-3,12-14H2,(H,23,25)/t20-,21-/m1/s1. The van der Waals surface area contributed by atoms with Gasteiger partial charge in [0.2, 0.25) is 0 Å². The molecular weight excluding hydrogens is 326 g/mol. The molecule has 0 saturated heterocycles. The number of aliphatic hydroxyl groups is 1. The quantitative estimate of drug-likeness (QED) is 0.814. The molecule has 2 aliphatic carbocycles. The van der Waals surface area contributed by atoms with Gasteiger partial charge in [0.15, 0.2) is 0 Å². The van der Waals surface area contributed by atoms with Gasteiger partial charge < -0.3 is 15.2 Å². The SMILES string of the molecule is O=C(N[C@@H]1CCCCC[C@H]1O)OCC1c2ccccc2-c2ccccc21. The van der Waals surface area contributed by atoms with Crippen molar-refractivity contribution >= 4 is 6.09 Å². The van der Waals surface area contributed by atoms with Crippen LogP contribution in [0.4, 0.5) is 4.79 Å². The van der Waals surface area contributed by atoms with Gasteiger partial charge in [0.05, 0.1) is 12.1 Å². The summed E-state index contributed by atoms with van der Waals surface area (Å²) in [5.74, 6) is 0.0622.